The van der Waals surface area contributed by atoms with Crippen molar-refractivity contribution in [3.8, 4) is 39.6 Å². The zero-order valence-electron chi connectivity index (χ0n) is 25.8. The minimum Gasteiger partial charge on any atom is -0.456 e. The largest absolute Gasteiger partial charge is 0.456 e. The Morgan fingerprint density at radius 2 is 1.06 bits per heavy atom. The van der Waals surface area contributed by atoms with Crippen LogP contribution in [0.3, 0.4) is 0 Å². The quantitative estimate of drug-likeness (QED) is 0.198. The van der Waals surface area contributed by atoms with Crippen molar-refractivity contribution in [2.45, 2.75) is 0 Å². The molecule has 10 rings (SSSR count). The van der Waals surface area contributed by atoms with E-state index < -0.39 is 0 Å². The zero-order valence-corrected chi connectivity index (χ0v) is 25.8. The fourth-order valence-corrected chi connectivity index (χ4v) is 7.12. The van der Waals surface area contributed by atoms with Crippen molar-refractivity contribution in [2.24, 2.45) is 0 Å². The van der Waals surface area contributed by atoms with Crippen LogP contribution in [0.1, 0.15) is 0 Å². The molecule has 3 aromatic heterocycles. The summed E-state index contributed by atoms with van der Waals surface area (Å²) in [7, 11) is 0. The molecule has 0 N–H and O–H groups in total. The predicted molar refractivity (Wildman–Crippen MR) is 197 cm³/mol. The third kappa shape index (κ3) is 4.16. The molecule has 0 radical (unpaired) electrons. The maximum absolute atomic E-state index is 6.35. The first-order valence-corrected chi connectivity index (χ1v) is 16.2. The van der Waals surface area contributed by atoms with Crippen molar-refractivity contribution >= 4 is 54.5 Å². The van der Waals surface area contributed by atoms with Crippen LogP contribution in [0.2, 0.25) is 0 Å². The Balaban J connectivity index is 1.17. The average Bonchev–Trinajstić information content (AvgIpc) is 3.70. The molecule has 4 nitrogen and oxygen atoms in total. The van der Waals surface area contributed by atoms with Crippen molar-refractivity contribution in [1.29, 1.82) is 0 Å². The molecule has 0 aliphatic heterocycles. The molecule has 0 aliphatic carbocycles. The van der Waals surface area contributed by atoms with E-state index in [-0.39, 0.29) is 0 Å². The van der Waals surface area contributed by atoms with E-state index in [0.29, 0.717) is 5.82 Å². The number of fused-ring (bicyclic) bond motifs is 8. The van der Waals surface area contributed by atoms with Crippen LogP contribution in [-0.4, -0.2) is 14.5 Å². The molecule has 7 aromatic carbocycles. The highest BCUT2D eigenvalue weighted by atomic mass is 16.3. The van der Waals surface area contributed by atoms with Crippen molar-refractivity contribution < 1.29 is 4.42 Å². The van der Waals surface area contributed by atoms with Gasteiger partial charge in [-0.25, -0.2) is 9.97 Å². The lowest BCUT2D eigenvalue weighted by Gasteiger charge is -2.12. The Morgan fingerprint density at radius 3 is 1.79 bits per heavy atom. The van der Waals surface area contributed by atoms with Gasteiger partial charge in [0.05, 0.1) is 22.4 Å². The number of hydrogen-bond acceptors (Lipinski definition) is 3. The summed E-state index contributed by atoms with van der Waals surface area (Å²) in [5.41, 5.74) is 10.1. The Hall–Kier alpha value is -6.52. The average molecular weight is 614 g/mol. The van der Waals surface area contributed by atoms with E-state index in [1.165, 1.54) is 16.2 Å². The number of aromatic nitrogens is 3. The van der Waals surface area contributed by atoms with Crippen LogP contribution >= 0.6 is 0 Å². The first-order chi connectivity index (χ1) is 23.8. The summed E-state index contributed by atoms with van der Waals surface area (Å²) in [5.74, 6) is 0.696. The Bertz CT molecular complexity index is 2760. The van der Waals surface area contributed by atoms with Gasteiger partial charge in [-0.1, -0.05) is 109 Å². The molecule has 3 heterocycles. The molecule has 10 aromatic rings. The lowest BCUT2D eigenvalue weighted by molar-refractivity contribution is 0.669. The van der Waals surface area contributed by atoms with Crippen LogP contribution in [0.25, 0.3) is 94.1 Å². The second-order valence-corrected chi connectivity index (χ2v) is 12.2. The number of hydrogen-bond donors (Lipinski definition) is 0. The number of para-hydroxylation sites is 2. The molecular weight excluding hydrogens is 587 g/mol. The Labute approximate surface area is 276 Å². The molecule has 0 saturated carbocycles. The van der Waals surface area contributed by atoms with Crippen LogP contribution in [0.15, 0.2) is 168 Å². The number of benzene rings is 7. The second kappa shape index (κ2) is 10.5. The number of rotatable bonds is 4. The van der Waals surface area contributed by atoms with Gasteiger partial charge in [0.15, 0.2) is 5.82 Å². The topological polar surface area (TPSA) is 43.9 Å². The summed E-state index contributed by atoms with van der Waals surface area (Å²) in [6, 6.07) is 57.2. The van der Waals surface area contributed by atoms with Crippen LogP contribution < -0.4 is 0 Å². The van der Waals surface area contributed by atoms with E-state index in [1.54, 1.807) is 0 Å². The van der Waals surface area contributed by atoms with Crippen LogP contribution in [0.4, 0.5) is 0 Å². The molecule has 0 atom stereocenters. The van der Waals surface area contributed by atoms with E-state index in [4.69, 9.17) is 14.4 Å². The minimum absolute atomic E-state index is 0.696. The molecular formula is C44H27N3O. The molecule has 0 bridgehead atoms. The maximum Gasteiger partial charge on any atom is 0.160 e. The summed E-state index contributed by atoms with van der Waals surface area (Å²) in [5, 5.41) is 7.04. The fourth-order valence-electron chi connectivity index (χ4n) is 7.12. The van der Waals surface area contributed by atoms with E-state index in [1.807, 2.05) is 48.5 Å². The smallest absolute Gasteiger partial charge is 0.160 e. The SMILES string of the molecule is c1ccc(-c2cc(-c3ccccc3)nc(-c3ccc(-n4c5ccccc5c5ccc6cc7c(cc6c54)oc4ccccc47)cc3)n2)cc1. The lowest BCUT2D eigenvalue weighted by Crippen LogP contribution is -1.97. The van der Waals surface area contributed by atoms with Gasteiger partial charge in [-0.05, 0) is 60.0 Å². The van der Waals surface area contributed by atoms with Crippen molar-refractivity contribution in [1.82, 2.24) is 14.5 Å². The number of furan rings is 1. The molecule has 224 valence electrons. The summed E-state index contributed by atoms with van der Waals surface area (Å²) >= 11 is 0. The normalized spacial score (nSPS) is 11.8. The first-order valence-electron chi connectivity index (χ1n) is 16.2. The Morgan fingerprint density at radius 1 is 0.417 bits per heavy atom. The van der Waals surface area contributed by atoms with Gasteiger partial charge in [0.1, 0.15) is 11.2 Å². The fraction of sp³-hybridized carbons (Fsp3) is 0. The highest BCUT2D eigenvalue weighted by molar-refractivity contribution is 6.21. The van der Waals surface area contributed by atoms with Crippen molar-refractivity contribution in [3.63, 3.8) is 0 Å². The maximum atomic E-state index is 6.35. The van der Waals surface area contributed by atoms with Gasteiger partial charge in [0.25, 0.3) is 0 Å². The van der Waals surface area contributed by atoms with Crippen molar-refractivity contribution in [3.05, 3.63) is 164 Å². The molecule has 48 heavy (non-hydrogen) atoms. The standard InChI is InChI=1S/C44H27N3O/c1-3-11-28(12-4-1)38-27-39(29-13-5-2-6-14-29)46-44(45-38)30-19-22-32(23-20-30)47-40-17-9-7-15-33(40)35-24-21-31-25-37-34-16-8-10-18-41(34)48-42(37)26-36(31)43(35)47/h1-27H. The van der Waals surface area contributed by atoms with E-state index >= 15 is 0 Å². The molecule has 0 aliphatic rings. The van der Waals surface area contributed by atoms with Gasteiger partial charge in [0.2, 0.25) is 0 Å². The summed E-state index contributed by atoms with van der Waals surface area (Å²) in [4.78, 5) is 10.1. The molecule has 0 unspecified atom stereocenters. The predicted octanol–water partition coefficient (Wildman–Crippen LogP) is 11.6. The monoisotopic (exact) mass is 613 g/mol. The zero-order chi connectivity index (χ0) is 31.6. The minimum atomic E-state index is 0.696. The van der Waals surface area contributed by atoms with E-state index in [2.05, 4.69) is 120 Å². The highest BCUT2D eigenvalue weighted by Gasteiger charge is 2.18. The lowest BCUT2D eigenvalue weighted by atomic mass is 10.0. The first kappa shape index (κ1) is 26.7. The highest BCUT2D eigenvalue weighted by Crippen LogP contribution is 2.40. The van der Waals surface area contributed by atoms with Crippen LogP contribution in [-0.2, 0) is 0 Å². The van der Waals surface area contributed by atoms with Gasteiger partial charge in [-0.15, -0.1) is 0 Å². The van der Waals surface area contributed by atoms with Gasteiger partial charge in [-0.2, -0.15) is 0 Å². The molecule has 4 heteroatoms. The number of nitrogens with zero attached hydrogens (tertiary/aromatic N) is 3. The summed E-state index contributed by atoms with van der Waals surface area (Å²) in [6.45, 7) is 0. The Kier molecular flexibility index (Phi) is 5.84. The second-order valence-electron chi connectivity index (χ2n) is 12.2. The molecule has 0 spiro atoms. The van der Waals surface area contributed by atoms with Gasteiger partial charge < -0.3 is 8.98 Å². The summed E-state index contributed by atoms with van der Waals surface area (Å²) < 4.78 is 8.73. The molecule has 0 amide bonds. The van der Waals surface area contributed by atoms with E-state index in [9.17, 15) is 0 Å². The van der Waals surface area contributed by atoms with E-state index in [0.717, 1.165) is 72.1 Å². The molecule has 0 saturated heterocycles. The third-order valence-corrected chi connectivity index (χ3v) is 9.40. The van der Waals surface area contributed by atoms with Crippen LogP contribution in [0.5, 0.6) is 0 Å². The van der Waals surface area contributed by atoms with Crippen molar-refractivity contribution in [2.75, 3.05) is 0 Å². The summed E-state index contributed by atoms with van der Waals surface area (Å²) in [6.07, 6.45) is 0. The van der Waals surface area contributed by atoms with Gasteiger partial charge >= 0.3 is 0 Å². The van der Waals surface area contributed by atoms with Crippen LogP contribution in [0, 0.1) is 0 Å². The molecule has 0 fully saturated rings. The third-order valence-electron chi connectivity index (χ3n) is 9.40. The van der Waals surface area contributed by atoms with Gasteiger partial charge in [-0.3, -0.25) is 0 Å². The van der Waals surface area contributed by atoms with Gasteiger partial charge in [0, 0.05) is 49.3 Å².